The van der Waals surface area contributed by atoms with Crippen molar-refractivity contribution in [2.24, 2.45) is 0 Å². The standard InChI is InChI=1S/C24H23FN4O3S/c1-15(30)13-28(2)23(31)16-8-9-19-21(10-16)29(14-22(19)33(3)32)24-26-11-17(12-27-24)18-6-4-5-7-20(18)25/h4-12,14-15,30H,13H2,1-3H3/t15-,33?/m0/s1. The molecule has 0 radical (unpaired) electrons. The molecule has 2 heterocycles. The number of hydrogen-bond donors (Lipinski definition) is 1. The molecule has 2 aromatic heterocycles. The molecule has 0 saturated heterocycles. The Morgan fingerprint density at radius 2 is 1.91 bits per heavy atom. The van der Waals surface area contributed by atoms with Crippen LogP contribution in [0, 0.1) is 5.82 Å². The van der Waals surface area contributed by atoms with E-state index in [-0.39, 0.29) is 18.3 Å². The molecule has 2 aromatic carbocycles. The monoisotopic (exact) mass is 466 g/mol. The number of carbonyl (C=O) groups is 1. The average Bonchev–Trinajstić information content (AvgIpc) is 3.18. The van der Waals surface area contributed by atoms with Crippen molar-refractivity contribution in [3.63, 3.8) is 0 Å². The highest BCUT2D eigenvalue weighted by molar-refractivity contribution is 7.84. The maximum Gasteiger partial charge on any atom is 0.253 e. The number of hydrogen-bond acceptors (Lipinski definition) is 5. The van der Waals surface area contributed by atoms with Gasteiger partial charge in [0.1, 0.15) is 5.82 Å². The number of benzene rings is 2. The highest BCUT2D eigenvalue weighted by atomic mass is 32.2. The van der Waals surface area contributed by atoms with E-state index in [4.69, 9.17) is 0 Å². The molecule has 1 unspecified atom stereocenters. The topological polar surface area (TPSA) is 88.3 Å². The Kier molecular flexibility index (Phi) is 6.35. The van der Waals surface area contributed by atoms with E-state index in [0.717, 1.165) is 0 Å². The Bertz CT molecular complexity index is 1350. The van der Waals surface area contributed by atoms with Gasteiger partial charge in [-0.1, -0.05) is 24.3 Å². The summed E-state index contributed by atoms with van der Waals surface area (Å²) in [5, 5.41) is 10.3. The van der Waals surface area contributed by atoms with Crippen molar-refractivity contribution in [2.75, 3.05) is 19.8 Å². The van der Waals surface area contributed by atoms with Crippen molar-refractivity contribution in [1.29, 1.82) is 0 Å². The predicted octanol–water partition coefficient (Wildman–Crippen LogP) is 3.42. The lowest BCUT2D eigenvalue weighted by atomic mass is 10.1. The van der Waals surface area contributed by atoms with Crippen LogP contribution >= 0.6 is 0 Å². The molecule has 0 aliphatic carbocycles. The Labute approximate surface area is 193 Å². The molecule has 0 bridgehead atoms. The van der Waals surface area contributed by atoms with Crippen LogP contribution in [0.1, 0.15) is 17.3 Å². The number of aliphatic hydroxyl groups is 1. The first-order valence-electron chi connectivity index (χ1n) is 10.3. The molecule has 33 heavy (non-hydrogen) atoms. The Hall–Kier alpha value is -3.43. The van der Waals surface area contributed by atoms with E-state index in [0.29, 0.717) is 38.4 Å². The quantitative estimate of drug-likeness (QED) is 0.471. The third-order valence-corrected chi connectivity index (χ3v) is 6.19. The first-order chi connectivity index (χ1) is 15.8. The number of likely N-dealkylation sites (N-methyl/N-ethyl adjacent to an activating group) is 1. The maximum absolute atomic E-state index is 14.1. The van der Waals surface area contributed by atoms with Crippen LogP contribution in [0.4, 0.5) is 4.39 Å². The maximum atomic E-state index is 14.1. The largest absolute Gasteiger partial charge is 0.392 e. The van der Waals surface area contributed by atoms with Gasteiger partial charge in [0.05, 0.1) is 27.3 Å². The van der Waals surface area contributed by atoms with Crippen molar-refractivity contribution < 1.29 is 18.5 Å². The van der Waals surface area contributed by atoms with E-state index >= 15 is 0 Å². The summed E-state index contributed by atoms with van der Waals surface area (Å²) in [5.74, 6) is -0.312. The Balaban J connectivity index is 1.79. The zero-order chi connectivity index (χ0) is 23.7. The first kappa shape index (κ1) is 22.8. The average molecular weight is 467 g/mol. The summed E-state index contributed by atoms with van der Waals surface area (Å²) in [6, 6.07) is 11.5. The van der Waals surface area contributed by atoms with E-state index in [1.807, 2.05) is 0 Å². The summed E-state index contributed by atoms with van der Waals surface area (Å²) in [4.78, 5) is 23.6. The van der Waals surface area contributed by atoms with Crippen molar-refractivity contribution in [3.05, 3.63) is 72.4 Å². The van der Waals surface area contributed by atoms with E-state index in [2.05, 4.69) is 9.97 Å². The summed E-state index contributed by atoms with van der Waals surface area (Å²) in [6.45, 7) is 1.81. The van der Waals surface area contributed by atoms with Crippen LogP contribution in [0.2, 0.25) is 0 Å². The van der Waals surface area contributed by atoms with Crippen LogP contribution in [0.5, 0.6) is 0 Å². The lowest BCUT2D eigenvalue weighted by Gasteiger charge is -2.19. The second kappa shape index (κ2) is 9.21. The van der Waals surface area contributed by atoms with Crippen LogP contribution < -0.4 is 0 Å². The fourth-order valence-electron chi connectivity index (χ4n) is 3.70. The van der Waals surface area contributed by atoms with Crippen LogP contribution in [0.25, 0.3) is 28.0 Å². The molecule has 2 atom stereocenters. The molecule has 0 aliphatic rings. The Morgan fingerprint density at radius 3 is 2.55 bits per heavy atom. The summed E-state index contributed by atoms with van der Waals surface area (Å²) >= 11 is 0. The molecular formula is C24H23FN4O3S. The number of carbonyl (C=O) groups excluding carboxylic acids is 1. The predicted molar refractivity (Wildman–Crippen MR) is 125 cm³/mol. The van der Waals surface area contributed by atoms with Gasteiger partial charge in [0.25, 0.3) is 5.91 Å². The lowest BCUT2D eigenvalue weighted by Crippen LogP contribution is -2.33. The fourth-order valence-corrected chi connectivity index (χ4v) is 4.44. The molecule has 1 amide bonds. The smallest absolute Gasteiger partial charge is 0.253 e. The highest BCUT2D eigenvalue weighted by Crippen LogP contribution is 2.28. The number of rotatable bonds is 6. The molecule has 1 N–H and O–H groups in total. The molecule has 170 valence electrons. The van der Waals surface area contributed by atoms with Crippen LogP contribution in [0.3, 0.4) is 0 Å². The zero-order valence-electron chi connectivity index (χ0n) is 18.4. The fraction of sp³-hybridized carbons (Fsp3) is 0.208. The van der Waals surface area contributed by atoms with E-state index in [1.54, 1.807) is 67.4 Å². The minimum atomic E-state index is -1.28. The van der Waals surface area contributed by atoms with Crippen LogP contribution in [-0.4, -0.2) is 60.6 Å². The van der Waals surface area contributed by atoms with Gasteiger partial charge < -0.3 is 10.0 Å². The van der Waals surface area contributed by atoms with Crippen molar-refractivity contribution >= 4 is 27.6 Å². The summed E-state index contributed by atoms with van der Waals surface area (Å²) in [7, 11) is 0.338. The van der Waals surface area contributed by atoms with Gasteiger partial charge in [0, 0.05) is 60.5 Å². The second-order valence-corrected chi connectivity index (χ2v) is 9.18. The number of halogens is 1. The summed E-state index contributed by atoms with van der Waals surface area (Å²) in [6.07, 6.45) is 5.67. The molecule has 0 aliphatic heterocycles. The molecule has 0 fully saturated rings. The van der Waals surface area contributed by atoms with E-state index in [9.17, 15) is 18.5 Å². The number of nitrogens with zero attached hydrogens (tertiary/aromatic N) is 4. The molecular weight excluding hydrogens is 443 g/mol. The Morgan fingerprint density at radius 1 is 1.21 bits per heavy atom. The van der Waals surface area contributed by atoms with Gasteiger partial charge >= 0.3 is 0 Å². The molecule has 4 aromatic rings. The van der Waals surface area contributed by atoms with Gasteiger partial charge in [-0.3, -0.25) is 13.6 Å². The molecule has 0 saturated carbocycles. The van der Waals surface area contributed by atoms with Gasteiger partial charge in [-0.2, -0.15) is 0 Å². The molecule has 7 nitrogen and oxygen atoms in total. The summed E-state index contributed by atoms with van der Waals surface area (Å²) in [5.41, 5.74) is 1.96. The number of aliphatic hydroxyl groups excluding tert-OH is 1. The van der Waals surface area contributed by atoms with Gasteiger partial charge in [0.15, 0.2) is 0 Å². The third kappa shape index (κ3) is 4.55. The van der Waals surface area contributed by atoms with Gasteiger partial charge in [-0.25, -0.2) is 14.4 Å². The van der Waals surface area contributed by atoms with E-state index in [1.165, 1.54) is 23.4 Å². The van der Waals surface area contributed by atoms with Gasteiger partial charge in [-0.05, 0) is 25.1 Å². The highest BCUT2D eigenvalue weighted by Gasteiger charge is 2.19. The van der Waals surface area contributed by atoms with Crippen LogP contribution in [0.15, 0.2) is 66.0 Å². The van der Waals surface area contributed by atoms with Crippen molar-refractivity contribution in [2.45, 2.75) is 17.9 Å². The van der Waals surface area contributed by atoms with Crippen LogP contribution in [-0.2, 0) is 10.8 Å². The van der Waals surface area contributed by atoms with Gasteiger partial charge in [0.2, 0.25) is 5.95 Å². The number of amides is 1. The SMILES string of the molecule is C[C@H](O)CN(C)C(=O)c1ccc2c(S(C)=O)cn(-c3ncc(-c4ccccc4F)cn3)c2c1. The molecule has 0 spiro atoms. The first-order valence-corrected chi connectivity index (χ1v) is 11.8. The lowest BCUT2D eigenvalue weighted by molar-refractivity contribution is 0.0704. The van der Waals surface area contributed by atoms with Crippen molar-refractivity contribution in [1.82, 2.24) is 19.4 Å². The summed E-state index contributed by atoms with van der Waals surface area (Å²) < 4.78 is 28.1. The normalized spacial score (nSPS) is 13.1. The minimum absolute atomic E-state index is 0.197. The number of aromatic nitrogens is 3. The third-order valence-electron chi connectivity index (χ3n) is 5.25. The number of fused-ring (bicyclic) bond motifs is 1. The van der Waals surface area contributed by atoms with E-state index < -0.39 is 16.9 Å². The van der Waals surface area contributed by atoms with Gasteiger partial charge in [-0.15, -0.1) is 0 Å². The van der Waals surface area contributed by atoms with Crippen molar-refractivity contribution in [3.8, 4) is 17.1 Å². The minimum Gasteiger partial charge on any atom is -0.392 e. The second-order valence-electron chi connectivity index (χ2n) is 7.84. The zero-order valence-corrected chi connectivity index (χ0v) is 19.2. The molecule has 9 heteroatoms. The molecule has 4 rings (SSSR count).